The van der Waals surface area contributed by atoms with E-state index in [0.29, 0.717) is 12.1 Å². The normalized spacial score (nSPS) is 10.2. The second-order valence-electron chi connectivity index (χ2n) is 4.09. The van der Waals surface area contributed by atoms with Crippen LogP contribution in [0, 0.1) is 11.3 Å². The van der Waals surface area contributed by atoms with Gasteiger partial charge in [-0.3, -0.25) is 4.79 Å². The number of carbonyl (C=O) groups excluding carboxylic acids is 1. The van der Waals surface area contributed by atoms with E-state index in [1.807, 2.05) is 19.9 Å². The number of nitriles is 1. The van der Waals surface area contributed by atoms with Crippen molar-refractivity contribution >= 4 is 23.2 Å². The summed E-state index contributed by atoms with van der Waals surface area (Å²) in [7, 11) is 0. The van der Waals surface area contributed by atoms with E-state index in [2.05, 4.69) is 4.98 Å². The Morgan fingerprint density at radius 2 is 2.33 bits per heavy atom. The Morgan fingerprint density at radius 1 is 1.67 bits per heavy atom. The van der Waals surface area contributed by atoms with Crippen molar-refractivity contribution in [2.75, 3.05) is 12.3 Å². The number of anilines is 1. The highest BCUT2D eigenvalue weighted by molar-refractivity contribution is 6.29. The first kappa shape index (κ1) is 14.3. The molecule has 0 aliphatic heterocycles. The van der Waals surface area contributed by atoms with Gasteiger partial charge in [-0.25, -0.2) is 4.98 Å². The predicted octanol–water partition coefficient (Wildman–Crippen LogP) is 2.08. The Bertz CT molecular complexity index is 481. The van der Waals surface area contributed by atoms with E-state index in [9.17, 15) is 4.79 Å². The number of rotatable bonds is 4. The summed E-state index contributed by atoms with van der Waals surface area (Å²) < 4.78 is 0. The molecule has 0 saturated carbocycles. The van der Waals surface area contributed by atoms with Gasteiger partial charge < -0.3 is 10.6 Å². The molecule has 0 bridgehead atoms. The van der Waals surface area contributed by atoms with Crippen LogP contribution < -0.4 is 5.73 Å². The van der Waals surface area contributed by atoms with Gasteiger partial charge in [-0.2, -0.15) is 5.26 Å². The van der Waals surface area contributed by atoms with Gasteiger partial charge in [0.15, 0.2) is 0 Å². The maximum Gasteiger partial charge on any atom is 0.256 e. The molecule has 1 aromatic heterocycles. The molecule has 0 atom stereocenters. The van der Waals surface area contributed by atoms with Crippen molar-refractivity contribution in [3.63, 3.8) is 0 Å². The highest BCUT2D eigenvalue weighted by Gasteiger charge is 2.20. The summed E-state index contributed by atoms with van der Waals surface area (Å²) in [5.41, 5.74) is 6.33. The minimum absolute atomic E-state index is 0.0165. The zero-order valence-corrected chi connectivity index (χ0v) is 11.1. The van der Waals surface area contributed by atoms with Crippen molar-refractivity contribution in [1.82, 2.24) is 9.88 Å². The molecule has 1 aromatic rings. The van der Waals surface area contributed by atoms with E-state index in [-0.39, 0.29) is 29.2 Å². The molecule has 0 aliphatic rings. The first-order valence-electron chi connectivity index (χ1n) is 5.56. The van der Waals surface area contributed by atoms with Gasteiger partial charge in [0.2, 0.25) is 0 Å². The molecule has 0 radical (unpaired) electrons. The molecule has 0 aliphatic carbocycles. The lowest BCUT2D eigenvalue weighted by Gasteiger charge is -2.26. The predicted molar refractivity (Wildman–Crippen MR) is 70.1 cm³/mol. The van der Waals surface area contributed by atoms with E-state index >= 15 is 0 Å². The van der Waals surface area contributed by atoms with Gasteiger partial charge in [0.25, 0.3) is 5.91 Å². The van der Waals surface area contributed by atoms with E-state index in [4.69, 9.17) is 22.6 Å². The number of nitrogens with zero attached hydrogens (tertiary/aromatic N) is 3. The van der Waals surface area contributed by atoms with Gasteiger partial charge in [-0.05, 0) is 19.9 Å². The summed E-state index contributed by atoms with van der Waals surface area (Å²) in [6, 6.07) is 3.45. The average Bonchev–Trinajstić information content (AvgIpc) is 2.32. The van der Waals surface area contributed by atoms with Crippen LogP contribution >= 0.6 is 11.6 Å². The number of carbonyl (C=O) groups is 1. The van der Waals surface area contributed by atoms with Crippen LogP contribution in [-0.2, 0) is 0 Å². The van der Waals surface area contributed by atoms with Crippen LogP contribution in [0.1, 0.15) is 30.6 Å². The molecule has 0 fully saturated rings. The summed E-state index contributed by atoms with van der Waals surface area (Å²) in [4.78, 5) is 17.7. The monoisotopic (exact) mass is 266 g/mol. The molecule has 0 unspecified atom stereocenters. The van der Waals surface area contributed by atoms with Crippen molar-refractivity contribution in [3.05, 3.63) is 23.0 Å². The van der Waals surface area contributed by atoms with Crippen molar-refractivity contribution in [3.8, 4) is 6.07 Å². The van der Waals surface area contributed by atoms with Gasteiger partial charge in [0, 0.05) is 12.6 Å². The maximum absolute atomic E-state index is 12.3. The van der Waals surface area contributed by atoms with Gasteiger partial charge in [0.1, 0.15) is 5.15 Å². The van der Waals surface area contributed by atoms with E-state index in [1.54, 1.807) is 4.90 Å². The lowest BCUT2D eigenvalue weighted by Crippen LogP contribution is -2.38. The number of aromatic nitrogens is 1. The van der Waals surface area contributed by atoms with Crippen LogP contribution in [0.4, 0.5) is 5.69 Å². The van der Waals surface area contributed by atoms with Crippen molar-refractivity contribution in [2.24, 2.45) is 0 Å². The Hall–Kier alpha value is -1.80. The molecule has 18 heavy (non-hydrogen) atoms. The molecule has 0 spiro atoms. The summed E-state index contributed by atoms with van der Waals surface area (Å²) in [5, 5.41) is 8.82. The average molecular weight is 267 g/mol. The minimum Gasteiger partial charge on any atom is -0.397 e. The molecule has 1 amide bonds. The largest absolute Gasteiger partial charge is 0.397 e. The standard InChI is InChI=1S/C12H15ClN4O/c1-8(2)17(5-3-4-14)12(18)9-6-11(13)16-7-10(9)15/h6-8H,3,5,15H2,1-2H3. The molecule has 0 saturated heterocycles. The molecule has 1 heterocycles. The lowest BCUT2D eigenvalue weighted by atomic mass is 10.1. The fraction of sp³-hybridized carbons (Fsp3) is 0.417. The van der Waals surface area contributed by atoms with Gasteiger partial charge in [-0.15, -0.1) is 0 Å². The van der Waals surface area contributed by atoms with Crippen LogP contribution in [0.3, 0.4) is 0 Å². The number of halogens is 1. The number of amides is 1. The minimum atomic E-state index is -0.234. The fourth-order valence-electron chi connectivity index (χ4n) is 1.55. The molecule has 5 nitrogen and oxygen atoms in total. The SMILES string of the molecule is CC(C)N(CCC#N)C(=O)c1cc(Cl)ncc1N. The van der Waals surface area contributed by atoms with Gasteiger partial charge in [-0.1, -0.05) is 11.6 Å². The van der Waals surface area contributed by atoms with Crippen molar-refractivity contribution in [2.45, 2.75) is 26.3 Å². The molecule has 2 N–H and O–H groups in total. The Labute approximate surface area is 111 Å². The second-order valence-corrected chi connectivity index (χ2v) is 4.48. The van der Waals surface area contributed by atoms with Crippen molar-refractivity contribution < 1.29 is 4.79 Å². The summed E-state index contributed by atoms with van der Waals surface area (Å²) >= 11 is 5.76. The van der Waals surface area contributed by atoms with Crippen LogP contribution in [0.15, 0.2) is 12.3 Å². The van der Waals surface area contributed by atoms with Gasteiger partial charge >= 0.3 is 0 Å². The highest BCUT2D eigenvalue weighted by atomic mass is 35.5. The first-order chi connectivity index (χ1) is 8.47. The van der Waals surface area contributed by atoms with E-state index in [0.717, 1.165) is 0 Å². The van der Waals surface area contributed by atoms with E-state index in [1.165, 1.54) is 12.3 Å². The summed E-state index contributed by atoms with van der Waals surface area (Å²) in [6.45, 7) is 4.13. The first-order valence-corrected chi connectivity index (χ1v) is 5.94. The number of hydrogen-bond acceptors (Lipinski definition) is 4. The van der Waals surface area contributed by atoms with Crippen molar-refractivity contribution in [1.29, 1.82) is 5.26 Å². The maximum atomic E-state index is 12.3. The number of hydrogen-bond donors (Lipinski definition) is 1. The van der Waals surface area contributed by atoms with Crippen LogP contribution in [-0.4, -0.2) is 28.4 Å². The summed E-state index contributed by atoms with van der Waals surface area (Å²) in [6.07, 6.45) is 1.64. The van der Waals surface area contributed by atoms with E-state index < -0.39 is 0 Å². The highest BCUT2D eigenvalue weighted by Crippen LogP contribution is 2.18. The Kier molecular flexibility index (Phi) is 4.93. The zero-order chi connectivity index (χ0) is 13.7. The fourth-order valence-corrected chi connectivity index (χ4v) is 1.70. The third kappa shape index (κ3) is 3.34. The quantitative estimate of drug-likeness (QED) is 0.846. The smallest absolute Gasteiger partial charge is 0.256 e. The Balaban J connectivity index is 3.02. The molecule has 0 aromatic carbocycles. The number of nitrogen functional groups attached to an aromatic ring is 1. The zero-order valence-electron chi connectivity index (χ0n) is 10.4. The van der Waals surface area contributed by atoms with Crippen LogP contribution in [0.25, 0.3) is 0 Å². The van der Waals surface area contributed by atoms with Crippen LogP contribution in [0.5, 0.6) is 0 Å². The number of pyridine rings is 1. The molecule has 6 heteroatoms. The van der Waals surface area contributed by atoms with Crippen LogP contribution in [0.2, 0.25) is 5.15 Å². The third-order valence-corrected chi connectivity index (χ3v) is 2.69. The molecule has 1 rings (SSSR count). The molecule has 96 valence electrons. The second kappa shape index (κ2) is 6.22. The lowest BCUT2D eigenvalue weighted by molar-refractivity contribution is 0.0711. The summed E-state index contributed by atoms with van der Waals surface area (Å²) in [5.74, 6) is -0.234. The third-order valence-electron chi connectivity index (χ3n) is 2.48. The molecular weight excluding hydrogens is 252 g/mol. The Morgan fingerprint density at radius 3 is 2.89 bits per heavy atom. The number of nitrogens with two attached hydrogens (primary N) is 1. The topological polar surface area (TPSA) is 83.0 Å². The van der Waals surface area contributed by atoms with Gasteiger partial charge in [0.05, 0.1) is 29.9 Å². The molecular formula is C12H15ClN4O.